The van der Waals surface area contributed by atoms with Crippen LogP contribution in [0, 0.1) is 17.8 Å². The number of nitrogens with one attached hydrogen (secondary N) is 2. The molecule has 0 aliphatic carbocycles. The highest BCUT2D eigenvalue weighted by atomic mass is 16.5. The van der Waals surface area contributed by atoms with Crippen molar-refractivity contribution >= 4 is 29.6 Å². The van der Waals surface area contributed by atoms with E-state index in [9.17, 15) is 29.1 Å². The van der Waals surface area contributed by atoms with Crippen LogP contribution in [-0.2, 0) is 28.7 Å². The van der Waals surface area contributed by atoms with Crippen LogP contribution < -0.4 is 16.4 Å². The van der Waals surface area contributed by atoms with Gasteiger partial charge in [-0.05, 0) is 24.3 Å². The van der Waals surface area contributed by atoms with E-state index >= 15 is 0 Å². The van der Waals surface area contributed by atoms with Gasteiger partial charge in [-0.3, -0.25) is 19.2 Å². The molecule has 11 nitrogen and oxygen atoms in total. The molecule has 5 atom stereocenters. The van der Waals surface area contributed by atoms with Gasteiger partial charge in [0.1, 0.15) is 6.10 Å². The van der Waals surface area contributed by atoms with Crippen molar-refractivity contribution in [2.45, 2.75) is 123 Å². The SMILES string of the molecule is C=C1/C=C/C(=O)N(C)CC(=O)NC(C(O)C(N)=O)C(=O)OC(C(C)CCCCCCCCCCCCC(C)C)C(C)C(=O)N1. The number of nitrogens with two attached hydrogens (primary N) is 1. The van der Waals surface area contributed by atoms with E-state index in [1.165, 1.54) is 58.1 Å². The van der Waals surface area contributed by atoms with Gasteiger partial charge in [0.15, 0.2) is 12.1 Å². The molecule has 11 heteroatoms. The number of esters is 1. The van der Waals surface area contributed by atoms with Crippen molar-refractivity contribution in [3.05, 3.63) is 24.4 Å². The molecule has 5 N–H and O–H groups in total. The number of allylic oxidation sites excluding steroid dienone is 1. The van der Waals surface area contributed by atoms with Gasteiger partial charge in [0.25, 0.3) is 0 Å². The fraction of sp³-hybridized carbons (Fsp3) is 0.727. The predicted molar refractivity (Wildman–Crippen MR) is 170 cm³/mol. The normalized spacial score (nSPS) is 22.8. The van der Waals surface area contributed by atoms with Gasteiger partial charge < -0.3 is 31.1 Å². The summed E-state index contributed by atoms with van der Waals surface area (Å²) in [4.78, 5) is 64.2. The van der Waals surface area contributed by atoms with Crippen molar-refractivity contribution in [2.75, 3.05) is 13.6 Å². The fourth-order valence-corrected chi connectivity index (χ4v) is 5.22. The van der Waals surface area contributed by atoms with Gasteiger partial charge in [0, 0.05) is 18.8 Å². The van der Waals surface area contributed by atoms with Crippen molar-refractivity contribution in [1.82, 2.24) is 15.5 Å². The number of nitrogens with zero attached hydrogens (tertiary/aromatic N) is 1. The number of hydrogen-bond donors (Lipinski definition) is 4. The molecule has 44 heavy (non-hydrogen) atoms. The van der Waals surface area contributed by atoms with E-state index in [4.69, 9.17) is 10.5 Å². The van der Waals surface area contributed by atoms with Crippen molar-refractivity contribution in [3.63, 3.8) is 0 Å². The predicted octanol–water partition coefficient (Wildman–Crippen LogP) is 3.50. The van der Waals surface area contributed by atoms with Crippen molar-refractivity contribution in [3.8, 4) is 0 Å². The quantitative estimate of drug-likeness (QED) is 0.151. The van der Waals surface area contributed by atoms with E-state index in [0.29, 0.717) is 6.42 Å². The third-order valence-electron chi connectivity index (χ3n) is 8.06. The number of hydrogen-bond acceptors (Lipinski definition) is 7. The van der Waals surface area contributed by atoms with Gasteiger partial charge in [0.05, 0.1) is 12.5 Å². The van der Waals surface area contributed by atoms with E-state index in [1.807, 2.05) is 6.92 Å². The summed E-state index contributed by atoms with van der Waals surface area (Å²) in [7, 11) is 1.35. The van der Waals surface area contributed by atoms with Crippen LogP contribution in [0.2, 0.25) is 0 Å². The number of unbranched alkanes of at least 4 members (excludes halogenated alkanes) is 9. The number of likely N-dealkylation sites (N-methyl/N-ethyl adjacent to an activating group) is 1. The molecule has 1 aliphatic heterocycles. The Balaban J connectivity index is 2.86. The Morgan fingerprint density at radius 1 is 0.977 bits per heavy atom. The summed E-state index contributed by atoms with van der Waals surface area (Å²) in [5.41, 5.74) is 5.38. The lowest BCUT2D eigenvalue weighted by Gasteiger charge is -2.31. The minimum atomic E-state index is -2.08. The molecule has 5 unspecified atom stereocenters. The zero-order valence-electron chi connectivity index (χ0n) is 27.4. The van der Waals surface area contributed by atoms with E-state index in [-0.39, 0.29) is 11.6 Å². The number of primary amides is 1. The summed E-state index contributed by atoms with van der Waals surface area (Å²) < 4.78 is 5.74. The average Bonchev–Trinajstić information content (AvgIpc) is 2.96. The lowest BCUT2D eigenvalue weighted by molar-refractivity contribution is -0.165. The zero-order valence-corrected chi connectivity index (χ0v) is 27.4. The monoisotopic (exact) mass is 620 g/mol. The van der Waals surface area contributed by atoms with Crippen LogP contribution in [0.25, 0.3) is 0 Å². The first-order valence-corrected chi connectivity index (χ1v) is 16.1. The average molecular weight is 621 g/mol. The number of amides is 4. The second kappa shape index (κ2) is 20.7. The van der Waals surface area contributed by atoms with Crippen LogP contribution >= 0.6 is 0 Å². The molecule has 0 fully saturated rings. The summed E-state index contributed by atoms with van der Waals surface area (Å²) in [6, 6.07) is -1.82. The van der Waals surface area contributed by atoms with Crippen LogP contribution in [-0.4, -0.2) is 71.4 Å². The maximum atomic E-state index is 13.3. The number of carbonyl (C=O) groups is 5. The molecule has 0 bridgehead atoms. The van der Waals surface area contributed by atoms with Crippen LogP contribution in [0.1, 0.15) is 105 Å². The maximum absolute atomic E-state index is 13.3. The molecule has 4 amide bonds. The Kier molecular flexibility index (Phi) is 18.3. The van der Waals surface area contributed by atoms with Crippen LogP contribution in [0.3, 0.4) is 0 Å². The summed E-state index contributed by atoms with van der Waals surface area (Å²) in [6.07, 6.45) is 13.2. The Labute approximate surface area is 263 Å². The largest absolute Gasteiger partial charge is 0.460 e. The minimum absolute atomic E-state index is 0.151. The van der Waals surface area contributed by atoms with Gasteiger partial charge in [-0.25, -0.2) is 4.79 Å². The molecule has 0 spiro atoms. The first-order valence-electron chi connectivity index (χ1n) is 16.1. The van der Waals surface area contributed by atoms with Gasteiger partial charge in [-0.2, -0.15) is 0 Å². The molecule has 0 aromatic heterocycles. The molecule has 0 radical (unpaired) electrons. The molecule has 1 heterocycles. The number of carbonyl (C=O) groups excluding carboxylic acids is 5. The van der Waals surface area contributed by atoms with Crippen LogP contribution in [0.15, 0.2) is 24.4 Å². The van der Waals surface area contributed by atoms with Crippen LogP contribution in [0.4, 0.5) is 0 Å². The first kappa shape index (κ1) is 38.8. The van der Waals surface area contributed by atoms with Gasteiger partial charge in [-0.1, -0.05) is 105 Å². The molecule has 1 aliphatic rings. The lowest BCUT2D eigenvalue weighted by atomic mass is 9.88. The van der Waals surface area contributed by atoms with Crippen LogP contribution in [0.5, 0.6) is 0 Å². The van der Waals surface area contributed by atoms with Crippen molar-refractivity contribution in [1.29, 1.82) is 0 Å². The summed E-state index contributed by atoms with van der Waals surface area (Å²) in [6.45, 7) is 11.3. The maximum Gasteiger partial charge on any atom is 0.332 e. The number of cyclic esters (lactones) is 1. The fourth-order valence-electron chi connectivity index (χ4n) is 5.22. The Morgan fingerprint density at radius 3 is 2.02 bits per heavy atom. The Bertz CT molecular complexity index is 997. The third kappa shape index (κ3) is 15.0. The number of aliphatic hydroxyl groups is 1. The molecule has 0 aromatic rings. The number of aliphatic hydroxyl groups excluding tert-OH is 1. The third-order valence-corrected chi connectivity index (χ3v) is 8.06. The second-order valence-corrected chi connectivity index (χ2v) is 12.6. The Morgan fingerprint density at radius 2 is 1.50 bits per heavy atom. The van der Waals surface area contributed by atoms with E-state index in [2.05, 4.69) is 31.1 Å². The highest BCUT2D eigenvalue weighted by Crippen LogP contribution is 2.25. The van der Waals surface area contributed by atoms with Gasteiger partial charge in [-0.15, -0.1) is 0 Å². The molecule has 0 saturated carbocycles. The zero-order chi connectivity index (χ0) is 33.2. The number of rotatable bonds is 16. The second-order valence-electron chi connectivity index (χ2n) is 12.6. The van der Waals surface area contributed by atoms with Crippen molar-refractivity contribution in [2.24, 2.45) is 23.5 Å². The van der Waals surface area contributed by atoms with E-state index < -0.39 is 60.3 Å². The minimum Gasteiger partial charge on any atom is -0.460 e. The van der Waals surface area contributed by atoms with Gasteiger partial charge in [0.2, 0.25) is 23.6 Å². The summed E-state index contributed by atoms with van der Waals surface area (Å²) >= 11 is 0. The van der Waals surface area contributed by atoms with Gasteiger partial charge >= 0.3 is 5.97 Å². The number of ether oxygens (including phenoxy) is 1. The molecule has 250 valence electrons. The standard InChI is InChI=1S/C33H56N4O7/c1-22(2)17-15-13-11-9-7-8-10-12-14-16-18-23(3)30-25(5)32(42)35-24(4)19-20-27(39)37(6)21-26(38)36-28(33(43)44-30)29(40)31(34)41/h19-20,22-23,25,28-30,40H,4,7-18,21H2,1-3,5-6H3,(H2,34,41)(H,35,42)(H,36,38)/b20-19+. The molecular weight excluding hydrogens is 564 g/mol. The smallest absolute Gasteiger partial charge is 0.332 e. The first-order chi connectivity index (χ1) is 20.7. The highest BCUT2D eigenvalue weighted by molar-refractivity contribution is 5.95. The van der Waals surface area contributed by atoms with E-state index in [1.54, 1.807) is 6.92 Å². The topological polar surface area (TPSA) is 168 Å². The summed E-state index contributed by atoms with van der Waals surface area (Å²) in [5, 5.41) is 15.2. The molecule has 1 rings (SSSR count). The lowest BCUT2D eigenvalue weighted by Crippen LogP contribution is -2.57. The molecule has 0 saturated heterocycles. The molecule has 0 aromatic carbocycles. The summed E-state index contributed by atoms with van der Waals surface area (Å²) in [5.74, 6) is -4.56. The highest BCUT2D eigenvalue weighted by Gasteiger charge is 2.39. The Hall–Kier alpha value is -3.21. The molecular formula is C33H56N4O7. The van der Waals surface area contributed by atoms with E-state index in [0.717, 1.165) is 42.6 Å². The van der Waals surface area contributed by atoms with Crippen molar-refractivity contribution < 1.29 is 33.8 Å².